The highest BCUT2D eigenvalue weighted by Gasteiger charge is 2.36. The van der Waals surface area contributed by atoms with Crippen molar-refractivity contribution in [2.24, 2.45) is 0 Å². The lowest BCUT2D eigenvalue weighted by Gasteiger charge is -2.12. The Labute approximate surface area is 194 Å². The minimum Gasteiger partial charge on any atom is -0.489 e. The molecule has 0 spiro atoms. The van der Waals surface area contributed by atoms with E-state index < -0.39 is 17.1 Å². The topological polar surface area (TPSA) is 75.7 Å². The number of halogens is 1. The first-order valence-electron chi connectivity index (χ1n) is 10.1. The molecule has 33 heavy (non-hydrogen) atoms. The van der Waals surface area contributed by atoms with Crippen LogP contribution in [0.15, 0.2) is 83.8 Å². The van der Waals surface area contributed by atoms with E-state index in [-0.39, 0.29) is 23.9 Å². The fraction of sp³-hybridized carbons (Fsp3) is 0.0800. The minimum atomic E-state index is -0.522. The second-order valence-electron chi connectivity index (χ2n) is 7.17. The number of carbonyl (C=O) groups excluding carboxylic acids is 3. The molecule has 1 heterocycles. The number of rotatable bonds is 7. The molecule has 4 rings (SSSR count). The highest BCUT2D eigenvalue weighted by Crippen LogP contribution is 2.32. The molecule has 166 valence electrons. The van der Waals surface area contributed by atoms with Gasteiger partial charge in [0.1, 0.15) is 24.7 Å². The summed E-state index contributed by atoms with van der Waals surface area (Å²) in [6.07, 6.45) is 1.59. The largest absolute Gasteiger partial charge is 0.489 e. The Morgan fingerprint density at radius 3 is 2.52 bits per heavy atom. The molecule has 6 nitrogen and oxygen atoms in total. The van der Waals surface area contributed by atoms with Gasteiger partial charge >= 0.3 is 0 Å². The number of hydrogen-bond donors (Lipinski definition) is 1. The summed E-state index contributed by atoms with van der Waals surface area (Å²) in [6, 6.07) is 21.9. The van der Waals surface area contributed by atoms with Gasteiger partial charge in [-0.3, -0.25) is 19.3 Å². The number of nitrogens with one attached hydrogen (secondary N) is 1. The predicted molar refractivity (Wildman–Crippen MR) is 125 cm³/mol. The Morgan fingerprint density at radius 1 is 1.00 bits per heavy atom. The van der Waals surface area contributed by atoms with Crippen LogP contribution in [0.25, 0.3) is 6.08 Å². The number of carbonyl (C=O) groups is 3. The number of benzene rings is 3. The average Bonchev–Trinajstić information content (AvgIpc) is 3.07. The first-order chi connectivity index (χ1) is 16.0. The van der Waals surface area contributed by atoms with Crippen molar-refractivity contribution >= 4 is 40.6 Å². The van der Waals surface area contributed by atoms with E-state index in [0.717, 1.165) is 22.2 Å². The zero-order chi connectivity index (χ0) is 23.2. The van der Waals surface area contributed by atoms with Crippen LogP contribution in [0.4, 0.5) is 14.9 Å². The summed E-state index contributed by atoms with van der Waals surface area (Å²) in [7, 11) is 0. The van der Waals surface area contributed by atoms with Crippen molar-refractivity contribution in [1.82, 2.24) is 4.90 Å². The van der Waals surface area contributed by atoms with Gasteiger partial charge in [-0.05, 0) is 65.4 Å². The first kappa shape index (κ1) is 22.3. The first-order valence-corrected chi connectivity index (χ1v) is 10.9. The molecule has 0 atom stereocenters. The van der Waals surface area contributed by atoms with Gasteiger partial charge in [-0.2, -0.15) is 0 Å². The molecule has 1 fully saturated rings. The van der Waals surface area contributed by atoms with Crippen LogP contribution in [0.5, 0.6) is 5.75 Å². The molecule has 0 saturated carbocycles. The second kappa shape index (κ2) is 10.1. The summed E-state index contributed by atoms with van der Waals surface area (Å²) in [5, 5.41) is 2.16. The Balaban J connectivity index is 1.40. The summed E-state index contributed by atoms with van der Waals surface area (Å²) < 4.78 is 18.8. The molecule has 0 bridgehead atoms. The highest BCUT2D eigenvalue weighted by molar-refractivity contribution is 8.18. The number of nitrogens with zero attached hydrogens (tertiary/aromatic N) is 1. The van der Waals surface area contributed by atoms with Crippen molar-refractivity contribution in [2.45, 2.75) is 6.61 Å². The van der Waals surface area contributed by atoms with Crippen LogP contribution in [0, 0.1) is 5.82 Å². The Kier molecular flexibility index (Phi) is 6.85. The number of imide groups is 1. The Hall–Kier alpha value is -3.91. The fourth-order valence-electron chi connectivity index (χ4n) is 3.09. The highest BCUT2D eigenvalue weighted by atomic mass is 32.2. The van der Waals surface area contributed by atoms with E-state index in [2.05, 4.69) is 5.32 Å². The Bertz CT molecular complexity index is 1210. The third-order valence-corrected chi connectivity index (χ3v) is 5.61. The average molecular weight is 463 g/mol. The van der Waals surface area contributed by atoms with Gasteiger partial charge < -0.3 is 10.1 Å². The van der Waals surface area contributed by atoms with E-state index in [1.807, 2.05) is 6.07 Å². The SMILES string of the molecule is O=C(CN1C(=O)S/C(=C/c2cccc(OCc3ccc(F)cc3)c2)C1=O)Nc1ccccc1. The lowest BCUT2D eigenvalue weighted by atomic mass is 10.2. The van der Waals surface area contributed by atoms with E-state index in [1.165, 1.54) is 12.1 Å². The lowest BCUT2D eigenvalue weighted by molar-refractivity contribution is -0.127. The van der Waals surface area contributed by atoms with Crippen LogP contribution in [0.3, 0.4) is 0 Å². The number of ether oxygens (including phenoxy) is 1. The number of para-hydroxylation sites is 1. The van der Waals surface area contributed by atoms with Gasteiger partial charge in [0.05, 0.1) is 4.91 Å². The van der Waals surface area contributed by atoms with Crippen LogP contribution in [0.1, 0.15) is 11.1 Å². The standard InChI is InChI=1S/C25H19FN2O4S/c26-19-11-9-17(10-12-19)16-32-21-8-4-5-18(13-21)14-22-24(30)28(25(31)33-22)15-23(29)27-20-6-2-1-3-7-20/h1-14H,15-16H2,(H,27,29)/b22-14+. The van der Waals surface area contributed by atoms with E-state index in [9.17, 15) is 18.8 Å². The molecular formula is C25H19FN2O4S. The molecule has 0 aliphatic carbocycles. The summed E-state index contributed by atoms with van der Waals surface area (Å²) in [5.74, 6) is -0.728. The van der Waals surface area contributed by atoms with Gasteiger partial charge in [-0.25, -0.2) is 4.39 Å². The van der Waals surface area contributed by atoms with Gasteiger partial charge in [0.15, 0.2) is 0 Å². The van der Waals surface area contributed by atoms with E-state index in [0.29, 0.717) is 17.0 Å². The Morgan fingerprint density at radius 2 is 1.76 bits per heavy atom. The molecule has 1 N–H and O–H groups in total. The van der Waals surface area contributed by atoms with Crippen molar-refractivity contribution in [3.05, 3.63) is 101 Å². The summed E-state index contributed by atoms with van der Waals surface area (Å²) >= 11 is 0.785. The third kappa shape index (κ3) is 5.87. The lowest BCUT2D eigenvalue weighted by Crippen LogP contribution is -2.36. The fourth-order valence-corrected chi connectivity index (χ4v) is 3.93. The minimum absolute atomic E-state index is 0.225. The molecule has 3 amide bonds. The molecular weight excluding hydrogens is 443 g/mol. The molecule has 3 aromatic carbocycles. The van der Waals surface area contributed by atoms with Crippen LogP contribution >= 0.6 is 11.8 Å². The van der Waals surface area contributed by atoms with Crippen molar-refractivity contribution in [3.8, 4) is 5.75 Å². The maximum absolute atomic E-state index is 13.0. The molecule has 0 radical (unpaired) electrons. The predicted octanol–water partition coefficient (Wildman–Crippen LogP) is 5.08. The van der Waals surface area contributed by atoms with E-state index >= 15 is 0 Å². The van der Waals surface area contributed by atoms with E-state index in [1.54, 1.807) is 66.7 Å². The third-order valence-electron chi connectivity index (χ3n) is 4.71. The molecule has 1 saturated heterocycles. The van der Waals surface area contributed by atoms with Crippen LogP contribution in [-0.4, -0.2) is 28.5 Å². The quantitative estimate of drug-likeness (QED) is 0.496. The summed E-state index contributed by atoms with van der Waals surface area (Å²) in [4.78, 5) is 38.4. The zero-order valence-corrected chi connectivity index (χ0v) is 18.2. The van der Waals surface area contributed by atoms with Crippen LogP contribution < -0.4 is 10.1 Å². The second-order valence-corrected chi connectivity index (χ2v) is 8.16. The van der Waals surface area contributed by atoms with Crippen molar-refractivity contribution in [2.75, 3.05) is 11.9 Å². The molecule has 3 aromatic rings. The van der Waals surface area contributed by atoms with Crippen LogP contribution in [-0.2, 0) is 16.2 Å². The summed E-state index contributed by atoms with van der Waals surface area (Å²) in [6.45, 7) is -0.103. The smallest absolute Gasteiger partial charge is 0.294 e. The number of thioether (sulfide) groups is 1. The number of hydrogen-bond acceptors (Lipinski definition) is 5. The molecule has 1 aliphatic rings. The number of anilines is 1. The van der Waals surface area contributed by atoms with Crippen molar-refractivity contribution in [1.29, 1.82) is 0 Å². The zero-order valence-electron chi connectivity index (χ0n) is 17.4. The van der Waals surface area contributed by atoms with E-state index in [4.69, 9.17) is 4.74 Å². The number of amides is 3. The maximum Gasteiger partial charge on any atom is 0.294 e. The summed E-state index contributed by atoms with van der Waals surface area (Å²) in [5.41, 5.74) is 2.07. The van der Waals surface area contributed by atoms with Crippen LogP contribution in [0.2, 0.25) is 0 Å². The van der Waals surface area contributed by atoms with Gasteiger partial charge in [-0.15, -0.1) is 0 Å². The van der Waals surface area contributed by atoms with Gasteiger partial charge in [0.25, 0.3) is 11.1 Å². The normalized spacial score (nSPS) is 14.6. The van der Waals surface area contributed by atoms with Gasteiger partial charge in [-0.1, -0.05) is 42.5 Å². The van der Waals surface area contributed by atoms with Gasteiger partial charge in [0, 0.05) is 5.69 Å². The maximum atomic E-state index is 13.0. The molecule has 8 heteroatoms. The monoisotopic (exact) mass is 462 g/mol. The molecule has 0 unspecified atom stereocenters. The van der Waals surface area contributed by atoms with Gasteiger partial charge in [0.2, 0.25) is 5.91 Å². The molecule has 0 aromatic heterocycles. The van der Waals surface area contributed by atoms with Crippen molar-refractivity contribution < 1.29 is 23.5 Å². The van der Waals surface area contributed by atoms with Crippen molar-refractivity contribution in [3.63, 3.8) is 0 Å². The molecule has 1 aliphatic heterocycles.